The maximum atomic E-state index is 13.4. The van der Waals surface area contributed by atoms with Crippen LogP contribution < -0.4 is 5.32 Å². The molecular formula is C15H15F3N2. The number of aromatic nitrogens is 1. The van der Waals surface area contributed by atoms with Crippen molar-refractivity contribution in [3.8, 4) is 0 Å². The van der Waals surface area contributed by atoms with Crippen LogP contribution in [0.25, 0.3) is 0 Å². The molecule has 0 saturated carbocycles. The Labute approximate surface area is 115 Å². The lowest BCUT2D eigenvalue weighted by molar-refractivity contribution is 0.442. The number of hydrogen-bond donors (Lipinski definition) is 1. The van der Waals surface area contributed by atoms with E-state index in [1.165, 1.54) is 0 Å². The number of benzene rings is 1. The Morgan fingerprint density at radius 1 is 1.05 bits per heavy atom. The SMILES string of the molecule is CCNC(c1cncc(C)c1)c1cc(F)c(F)c(F)c1. The zero-order valence-corrected chi connectivity index (χ0v) is 11.3. The third-order valence-electron chi connectivity index (χ3n) is 2.98. The quantitative estimate of drug-likeness (QED) is 0.867. The fraction of sp³-hybridized carbons (Fsp3) is 0.267. The summed E-state index contributed by atoms with van der Waals surface area (Å²) in [4.78, 5) is 4.07. The van der Waals surface area contributed by atoms with E-state index in [-0.39, 0.29) is 0 Å². The summed E-state index contributed by atoms with van der Waals surface area (Å²) in [5.74, 6) is -3.83. The highest BCUT2D eigenvalue weighted by molar-refractivity contribution is 5.33. The summed E-state index contributed by atoms with van der Waals surface area (Å²) in [5, 5.41) is 3.12. The first-order chi connectivity index (χ1) is 9.52. The Morgan fingerprint density at radius 2 is 1.70 bits per heavy atom. The minimum atomic E-state index is -1.45. The smallest absolute Gasteiger partial charge is 0.194 e. The van der Waals surface area contributed by atoms with Gasteiger partial charge in [-0.15, -0.1) is 0 Å². The zero-order valence-electron chi connectivity index (χ0n) is 11.3. The standard InChI is InChI=1S/C15H15F3N2/c1-3-20-15(11-4-9(2)7-19-8-11)10-5-12(16)14(18)13(17)6-10/h4-8,15,20H,3H2,1-2H3. The molecule has 0 aliphatic carbocycles. The van der Waals surface area contributed by atoms with Crippen LogP contribution in [0.2, 0.25) is 0 Å². The molecule has 0 fully saturated rings. The van der Waals surface area contributed by atoms with Crippen molar-refractivity contribution >= 4 is 0 Å². The largest absolute Gasteiger partial charge is 0.306 e. The molecule has 0 radical (unpaired) electrons. The van der Waals surface area contributed by atoms with E-state index < -0.39 is 23.5 Å². The topological polar surface area (TPSA) is 24.9 Å². The average molecular weight is 280 g/mol. The molecule has 0 aliphatic heterocycles. The van der Waals surface area contributed by atoms with Gasteiger partial charge < -0.3 is 5.32 Å². The van der Waals surface area contributed by atoms with E-state index in [2.05, 4.69) is 10.3 Å². The summed E-state index contributed by atoms with van der Waals surface area (Å²) >= 11 is 0. The van der Waals surface area contributed by atoms with Crippen LogP contribution >= 0.6 is 0 Å². The monoisotopic (exact) mass is 280 g/mol. The minimum Gasteiger partial charge on any atom is -0.306 e. The lowest BCUT2D eigenvalue weighted by atomic mass is 9.98. The molecule has 1 atom stereocenters. The Morgan fingerprint density at radius 3 is 2.25 bits per heavy atom. The van der Waals surface area contributed by atoms with Crippen molar-refractivity contribution in [3.05, 3.63) is 64.7 Å². The van der Waals surface area contributed by atoms with E-state index in [0.29, 0.717) is 12.1 Å². The highest BCUT2D eigenvalue weighted by atomic mass is 19.2. The molecule has 1 aromatic carbocycles. The number of nitrogens with zero attached hydrogens (tertiary/aromatic N) is 1. The van der Waals surface area contributed by atoms with Crippen LogP contribution in [0.15, 0.2) is 30.6 Å². The van der Waals surface area contributed by atoms with E-state index >= 15 is 0 Å². The molecule has 2 aromatic rings. The number of nitrogens with one attached hydrogen (secondary N) is 1. The minimum absolute atomic E-state index is 0.329. The Balaban J connectivity index is 2.48. The molecule has 2 nitrogen and oxygen atoms in total. The summed E-state index contributed by atoms with van der Waals surface area (Å²) in [7, 11) is 0. The van der Waals surface area contributed by atoms with Crippen LogP contribution in [0.5, 0.6) is 0 Å². The summed E-state index contributed by atoms with van der Waals surface area (Å²) in [6.07, 6.45) is 3.32. The van der Waals surface area contributed by atoms with Crippen molar-refractivity contribution in [2.45, 2.75) is 19.9 Å². The van der Waals surface area contributed by atoms with Gasteiger partial charge in [0.1, 0.15) is 0 Å². The fourth-order valence-corrected chi connectivity index (χ4v) is 2.11. The zero-order chi connectivity index (χ0) is 14.7. The molecule has 0 aliphatic rings. The van der Waals surface area contributed by atoms with Crippen molar-refractivity contribution in [3.63, 3.8) is 0 Å². The molecule has 1 heterocycles. The first-order valence-corrected chi connectivity index (χ1v) is 6.32. The van der Waals surface area contributed by atoms with Crippen LogP contribution in [-0.2, 0) is 0 Å². The van der Waals surface area contributed by atoms with Crippen molar-refractivity contribution in [1.82, 2.24) is 10.3 Å². The summed E-state index contributed by atoms with van der Waals surface area (Å²) in [6, 6.07) is 3.46. The van der Waals surface area contributed by atoms with Gasteiger partial charge in [-0.1, -0.05) is 13.0 Å². The van der Waals surface area contributed by atoms with Crippen LogP contribution in [-0.4, -0.2) is 11.5 Å². The summed E-state index contributed by atoms with van der Waals surface area (Å²) < 4.78 is 39.8. The average Bonchev–Trinajstić information content (AvgIpc) is 2.41. The van der Waals surface area contributed by atoms with Crippen LogP contribution in [0.4, 0.5) is 13.2 Å². The van der Waals surface area contributed by atoms with Gasteiger partial charge in [0.15, 0.2) is 17.5 Å². The predicted molar refractivity (Wildman–Crippen MR) is 70.8 cm³/mol. The third kappa shape index (κ3) is 2.99. The van der Waals surface area contributed by atoms with Crippen LogP contribution in [0, 0.1) is 24.4 Å². The second-order valence-electron chi connectivity index (χ2n) is 4.58. The molecule has 0 bridgehead atoms. The number of hydrogen-bond acceptors (Lipinski definition) is 2. The van der Waals surface area contributed by atoms with Crippen molar-refractivity contribution < 1.29 is 13.2 Å². The van der Waals surface area contributed by atoms with Crippen molar-refractivity contribution in [1.29, 1.82) is 0 Å². The molecule has 0 spiro atoms. The van der Waals surface area contributed by atoms with Gasteiger partial charge in [-0.3, -0.25) is 4.98 Å². The molecule has 20 heavy (non-hydrogen) atoms. The van der Waals surface area contributed by atoms with Gasteiger partial charge in [0, 0.05) is 12.4 Å². The van der Waals surface area contributed by atoms with Crippen molar-refractivity contribution in [2.24, 2.45) is 0 Å². The second-order valence-corrected chi connectivity index (χ2v) is 4.58. The van der Waals surface area contributed by atoms with Gasteiger partial charge in [0.05, 0.1) is 6.04 Å². The lowest BCUT2D eigenvalue weighted by Gasteiger charge is -2.19. The molecule has 1 aromatic heterocycles. The normalized spacial score (nSPS) is 12.4. The fourth-order valence-electron chi connectivity index (χ4n) is 2.11. The number of rotatable bonds is 4. The van der Waals surface area contributed by atoms with E-state index in [4.69, 9.17) is 0 Å². The lowest BCUT2D eigenvalue weighted by Crippen LogP contribution is -2.22. The first-order valence-electron chi connectivity index (χ1n) is 6.32. The maximum absolute atomic E-state index is 13.4. The molecule has 0 amide bonds. The van der Waals surface area contributed by atoms with Gasteiger partial charge >= 0.3 is 0 Å². The van der Waals surface area contributed by atoms with Gasteiger partial charge in [-0.2, -0.15) is 0 Å². The van der Waals surface area contributed by atoms with Crippen molar-refractivity contribution in [2.75, 3.05) is 6.54 Å². The highest BCUT2D eigenvalue weighted by Crippen LogP contribution is 2.25. The molecule has 0 saturated heterocycles. The van der Waals surface area contributed by atoms with Gasteiger partial charge in [-0.25, -0.2) is 13.2 Å². The van der Waals surface area contributed by atoms with Crippen LogP contribution in [0.3, 0.4) is 0 Å². The Hall–Kier alpha value is -1.88. The summed E-state index contributed by atoms with van der Waals surface area (Å²) in [6.45, 7) is 4.36. The molecular weight excluding hydrogens is 265 g/mol. The number of halogens is 3. The number of pyridine rings is 1. The van der Waals surface area contributed by atoms with Crippen LogP contribution in [0.1, 0.15) is 29.7 Å². The molecule has 1 N–H and O–H groups in total. The Kier molecular flexibility index (Phi) is 4.39. The Bertz CT molecular complexity index is 591. The van der Waals surface area contributed by atoms with Gasteiger partial charge in [0.25, 0.3) is 0 Å². The predicted octanol–water partition coefficient (Wildman–Crippen LogP) is 3.51. The number of aryl methyl sites for hydroxylation is 1. The molecule has 5 heteroatoms. The molecule has 2 rings (SSSR count). The van der Waals surface area contributed by atoms with E-state index in [1.807, 2.05) is 19.9 Å². The van der Waals surface area contributed by atoms with Gasteiger partial charge in [0.2, 0.25) is 0 Å². The highest BCUT2D eigenvalue weighted by Gasteiger charge is 2.18. The second kappa shape index (κ2) is 6.05. The first kappa shape index (κ1) is 14.5. The molecule has 1 unspecified atom stereocenters. The van der Waals surface area contributed by atoms with E-state index in [0.717, 1.165) is 23.3 Å². The summed E-state index contributed by atoms with van der Waals surface area (Å²) in [5.41, 5.74) is 2.04. The van der Waals surface area contributed by atoms with E-state index in [1.54, 1.807) is 12.4 Å². The third-order valence-corrected chi connectivity index (χ3v) is 2.98. The van der Waals surface area contributed by atoms with E-state index in [9.17, 15) is 13.2 Å². The molecule has 106 valence electrons. The maximum Gasteiger partial charge on any atom is 0.194 e. The van der Waals surface area contributed by atoms with Gasteiger partial charge in [-0.05, 0) is 42.3 Å².